The summed E-state index contributed by atoms with van der Waals surface area (Å²) in [5, 5.41) is 9.67. The van der Waals surface area contributed by atoms with Gasteiger partial charge in [-0.25, -0.2) is 0 Å². The molecule has 0 amide bonds. The molecule has 1 unspecified atom stereocenters. The Morgan fingerprint density at radius 3 is 2.60 bits per heavy atom. The highest BCUT2D eigenvalue weighted by Gasteiger charge is 2.45. The molecule has 10 heavy (non-hydrogen) atoms. The van der Waals surface area contributed by atoms with Gasteiger partial charge in [-0.15, -0.1) is 0 Å². The van der Waals surface area contributed by atoms with Gasteiger partial charge in [0.15, 0.2) is 0 Å². The van der Waals surface area contributed by atoms with E-state index >= 15 is 0 Å². The lowest BCUT2D eigenvalue weighted by molar-refractivity contribution is 0.105. The van der Waals surface area contributed by atoms with Crippen molar-refractivity contribution in [3.63, 3.8) is 0 Å². The normalized spacial score (nSPS) is 34.3. The Kier molecular flexibility index (Phi) is 1.21. The predicted molar refractivity (Wildman–Crippen MR) is 40.6 cm³/mol. The van der Waals surface area contributed by atoms with Gasteiger partial charge < -0.3 is 5.11 Å². The van der Waals surface area contributed by atoms with Crippen LogP contribution in [0.15, 0.2) is 24.3 Å². The van der Waals surface area contributed by atoms with Crippen molar-refractivity contribution >= 4 is 0 Å². The minimum absolute atomic E-state index is 0.318. The lowest BCUT2D eigenvalue weighted by Gasteiger charge is -2.18. The van der Waals surface area contributed by atoms with Crippen LogP contribution in [0.5, 0.6) is 0 Å². The van der Waals surface area contributed by atoms with Gasteiger partial charge in [0.2, 0.25) is 0 Å². The van der Waals surface area contributed by atoms with E-state index in [0.29, 0.717) is 5.92 Å². The largest absolute Gasteiger partial charge is 0.389 e. The van der Waals surface area contributed by atoms with Crippen molar-refractivity contribution in [2.45, 2.75) is 24.9 Å². The lowest BCUT2D eigenvalue weighted by Crippen LogP contribution is -2.20. The average molecular weight is 136 g/mol. The molecule has 0 aromatic rings. The molecular formula is C9H12O. The zero-order chi connectivity index (χ0) is 7.03. The molecule has 0 bridgehead atoms. The fraction of sp³-hybridized carbons (Fsp3) is 0.556. The van der Waals surface area contributed by atoms with Crippen LogP contribution in [0.3, 0.4) is 0 Å². The maximum absolute atomic E-state index is 9.67. The number of hydrogen-bond acceptors (Lipinski definition) is 1. The summed E-state index contributed by atoms with van der Waals surface area (Å²) in [6, 6.07) is 0. The van der Waals surface area contributed by atoms with Gasteiger partial charge in [0.1, 0.15) is 0 Å². The van der Waals surface area contributed by atoms with Crippen molar-refractivity contribution in [3.8, 4) is 0 Å². The second kappa shape index (κ2) is 1.96. The number of hydrogen-bond donors (Lipinski definition) is 1. The first-order valence-electron chi connectivity index (χ1n) is 3.87. The monoisotopic (exact) mass is 136 g/mol. The van der Waals surface area contributed by atoms with Crippen LogP contribution in [0, 0.1) is 5.92 Å². The third-order valence-electron chi connectivity index (χ3n) is 2.43. The Morgan fingerprint density at radius 2 is 2.10 bits per heavy atom. The van der Waals surface area contributed by atoms with E-state index in [0.717, 1.165) is 19.3 Å². The van der Waals surface area contributed by atoms with Gasteiger partial charge in [-0.2, -0.15) is 0 Å². The minimum atomic E-state index is -0.318. The highest BCUT2D eigenvalue weighted by atomic mass is 16.3. The molecule has 2 rings (SSSR count). The van der Waals surface area contributed by atoms with Gasteiger partial charge in [-0.05, 0) is 19.3 Å². The van der Waals surface area contributed by atoms with Crippen LogP contribution in [0.25, 0.3) is 0 Å². The van der Waals surface area contributed by atoms with Gasteiger partial charge in [0.05, 0.1) is 5.60 Å². The summed E-state index contributed by atoms with van der Waals surface area (Å²) in [4.78, 5) is 0. The first-order valence-corrected chi connectivity index (χ1v) is 3.87. The molecule has 0 aromatic carbocycles. The first-order chi connectivity index (χ1) is 4.81. The average Bonchev–Trinajstić information content (AvgIpc) is 2.72. The van der Waals surface area contributed by atoms with Gasteiger partial charge >= 0.3 is 0 Å². The Morgan fingerprint density at radius 1 is 1.30 bits per heavy atom. The second-order valence-corrected chi connectivity index (χ2v) is 3.26. The van der Waals surface area contributed by atoms with Gasteiger partial charge in [-0.3, -0.25) is 0 Å². The molecule has 2 aliphatic carbocycles. The van der Waals surface area contributed by atoms with E-state index in [-0.39, 0.29) is 5.60 Å². The molecule has 0 saturated heterocycles. The van der Waals surface area contributed by atoms with Crippen LogP contribution in [0.2, 0.25) is 0 Å². The molecular weight excluding hydrogens is 124 g/mol. The molecule has 1 atom stereocenters. The summed E-state index contributed by atoms with van der Waals surface area (Å²) in [7, 11) is 0. The topological polar surface area (TPSA) is 20.2 Å². The second-order valence-electron chi connectivity index (χ2n) is 3.26. The Hall–Kier alpha value is -0.560. The van der Waals surface area contributed by atoms with E-state index in [1.54, 1.807) is 0 Å². The summed E-state index contributed by atoms with van der Waals surface area (Å²) in [6.07, 6.45) is 11.3. The summed E-state index contributed by atoms with van der Waals surface area (Å²) < 4.78 is 0. The molecule has 0 aromatic heterocycles. The molecule has 1 heteroatoms. The molecule has 0 radical (unpaired) electrons. The summed E-state index contributed by atoms with van der Waals surface area (Å²) >= 11 is 0. The quantitative estimate of drug-likeness (QED) is 0.581. The summed E-state index contributed by atoms with van der Waals surface area (Å²) in [5.41, 5.74) is -0.318. The number of allylic oxidation sites excluding steroid dienone is 3. The maximum atomic E-state index is 9.67. The molecule has 0 heterocycles. The lowest BCUT2D eigenvalue weighted by atomic mass is 9.93. The van der Waals surface area contributed by atoms with E-state index in [1.165, 1.54) is 0 Å². The molecule has 2 aliphatic rings. The summed E-state index contributed by atoms with van der Waals surface area (Å²) in [6.45, 7) is 0. The molecule has 1 nitrogen and oxygen atoms in total. The molecule has 1 N–H and O–H groups in total. The van der Waals surface area contributed by atoms with Gasteiger partial charge in [-0.1, -0.05) is 24.3 Å². The highest BCUT2D eigenvalue weighted by Crippen LogP contribution is 2.45. The molecule has 0 spiro atoms. The predicted octanol–water partition coefficient (Wildman–Crippen LogP) is 1.64. The van der Waals surface area contributed by atoms with Crippen molar-refractivity contribution in [2.24, 2.45) is 5.92 Å². The zero-order valence-corrected chi connectivity index (χ0v) is 5.96. The van der Waals surface area contributed by atoms with Crippen LogP contribution < -0.4 is 0 Å². The fourth-order valence-electron chi connectivity index (χ4n) is 1.48. The van der Waals surface area contributed by atoms with E-state index in [4.69, 9.17) is 0 Å². The van der Waals surface area contributed by atoms with E-state index < -0.39 is 0 Å². The highest BCUT2D eigenvalue weighted by molar-refractivity contribution is 5.17. The van der Waals surface area contributed by atoms with Crippen LogP contribution >= 0.6 is 0 Å². The van der Waals surface area contributed by atoms with Crippen LogP contribution in [-0.2, 0) is 0 Å². The first kappa shape index (κ1) is 6.17. The van der Waals surface area contributed by atoms with Crippen LogP contribution in [0.1, 0.15) is 19.3 Å². The van der Waals surface area contributed by atoms with Gasteiger partial charge in [0.25, 0.3) is 0 Å². The smallest absolute Gasteiger partial charge is 0.0715 e. The van der Waals surface area contributed by atoms with Crippen molar-refractivity contribution in [2.75, 3.05) is 0 Å². The molecule has 1 fully saturated rings. The van der Waals surface area contributed by atoms with Gasteiger partial charge in [0, 0.05) is 5.92 Å². The SMILES string of the molecule is OC1(C2C=CC=CC2)CC1. The van der Waals surface area contributed by atoms with Crippen molar-refractivity contribution in [1.82, 2.24) is 0 Å². The van der Waals surface area contributed by atoms with Crippen LogP contribution in [-0.4, -0.2) is 10.7 Å². The van der Waals surface area contributed by atoms with Crippen molar-refractivity contribution in [1.29, 1.82) is 0 Å². The zero-order valence-electron chi connectivity index (χ0n) is 5.96. The Bertz CT molecular complexity index is 187. The fourth-order valence-corrected chi connectivity index (χ4v) is 1.48. The number of aliphatic hydroxyl groups is 1. The molecule has 0 aliphatic heterocycles. The molecule has 54 valence electrons. The standard InChI is InChI=1S/C9H12O/c10-9(6-7-9)8-4-2-1-3-5-8/h1-4,8,10H,5-7H2. The van der Waals surface area contributed by atoms with Crippen molar-refractivity contribution < 1.29 is 5.11 Å². The van der Waals surface area contributed by atoms with E-state index in [9.17, 15) is 5.11 Å². The maximum Gasteiger partial charge on any atom is 0.0715 e. The van der Waals surface area contributed by atoms with E-state index in [1.807, 2.05) is 12.2 Å². The third-order valence-corrected chi connectivity index (χ3v) is 2.43. The van der Waals surface area contributed by atoms with Crippen molar-refractivity contribution in [3.05, 3.63) is 24.3 Å². The number of rotatable bonds is 1. The summed E-state index contributed by atoms with van der Waals surface area (Å²) in [5.74, 6) is 0.400. The Balaban J connectivity index is 2.06. The Labute approximate surface area is 61.1 Å². The molecule has 1 saturated carbocycles. The minimum Gasteiger partial charge on any atom is -0.389 e. The third kappa shape index (κ3) is 0.907. The van der Waals surface area contributed by atoms with Crippen LogP contribution in [0.4, 0.5) is 0 Å². The van der Waals surface area contributed by atoms with E-state index in [2.05, 4.69) is 12.2 Å².